The standard InChI is InChI=1S/C11H22N2O3S/c1-11(2,3)9(12)10(14)13-8-4-6-17(15,16)7-5-8/h8-9H,4-7,12H2,1-3H3,(H,13,14). The highest BCUT2D eigenvalue weighted by atomic mass is 32.2. The Balaban J connectivity index is 2.49. The number of sulfone groups is 1. The molecular weight excluding hydrogens is 240 g/mol. The van der Waals surface area contributed by atoms with E-state index in [-0.39, 0.29) is 28.9 Å². The fourth-order valence-corrected chi connectivity index (χ4v) is 3.21. The summed E-state index contributed by atoms with van der Waals surface area (Å²) in [5.74, 6) is 0.118. The minimum Gasteiger partial charge on any atom is -0.352 e. The van der Waals surface area contributed by atoms with Crippen molar-refractivity contribution in [2.45, 2.75) is 45.7 Å². The Kier molecular flexibility index (Phi) is 4.19. The molecule has 6 heteroatoms. The Morgan fingerprint density at radius 2 is 1.76 bits per heavy atom. The molecule has 17 heavy (non-hydrogen) atoms. The van der Waals surface area contributed by atoms with Crippen molar-refractivity contribution in [3.8, 4) is 0 Å². The highest BCUT2D eigenvalue weighted by molar-refractivity contribution is 7.91. The molecule has 1 unspecified atom stereocenters. The molecular formula is C11H22N2O3S. The van der Waals surface area contributed by atoms with Crippen LogP contribution in [0.1, 0.15) is 33.6 Å². The lowest BCUT2D eigenvalue weighted by Crippen LogP contribution is -2.52. The molecule has 0 radical (unpaired) electrons. The van der Waals surface area contributed by atoms with Crippen molar-refractivity contribution < 1.29 is 13.2 Å². The summed E-state index contributed by atoms with van der Waals surface area (Å²) in [6.45, 7) is 5.72. The Morgan fingerprint density at radius 3 is 2.18 bits per heavy atom. The molecule has 1 heterocycles. The summed E-state index contributed by atoms with van der Waals surface area (Å²) in [7, 11) is -2.88. The van der Waals surface area contributed by atoms with Crippen LogP contribution in [0.5, 0.6) is 0 Å². The molecule has 0 aliphatic carbocycles. The summed E-state index contributed by atoms with van der Waals surface area (Å²) in [5.41, 5.74) is 5.55. The van der Waals surface area contributed by atoms with Crippen molar-refractivity contribution in [2.75, 3.05) is 11.5 Å². The molecule has 1 amide bonds. The molecule has 0 bridgehead atoms. The zero-order chi connectivity index (χ0) is 13.3. The van der Waals surface area contributed by atoms with Crippen LogP contribution in [-0.2, 0) is 14.6 Å². The van der Waals surface area contributed by atoms with Gasteiger partial charge in [-0.25, -0.2) is 8.42 Å². The summed E-state index contributed by atoms with van der Waals surface area (Å²) < 4.78 is 22.5. The van der Waals surface area contributed by atoms with Gasteiger partial charge < -0.3 is 11.1 Å². The van der Waals surface area contributed by atoms with Gasteiger partial charge in [0.15, 0.2) is 0 Å². The molecule has 5 nitrogen and oxygen atoms in total. The van der Waals surface area contributed by atoms with Gasteiger partial charge in [0.2, 0.25) is 5.91 Å². The lowest BCUT2D eigenvalue weighted by Gasteiger charge is -2.29. The van der Waals surface area contributed by atoms with Crippen LogP contribution in [0.25, 0.3) is 0 Å². The first kappa shape index (κ1) is 14.4. The zero-order valence-electron chi connectivity index (χ0n) is 10.7. The maximum absolute atomic E-state index is 11.8. The number of hydrogen-bond donors (Lipinski definition) is 2. The van der Waals surface area contributed by atoms with Gasteiger partial charge >= 0.3 is 0 Å². The second-order valence-corrected chi connectivity index (χ2v) is 8.08. The third-order valence-corrected chi connectivity index (χ3v) is 4.83. The van der Waals surface area contributed by atoms with Crippen LogP contribution in [-0.4, -0.2) is 37.9 Å². The van der Waals surface area contributed by atoms with Gasteiger partial charge in [0.05, 0.1) is 17.5 Å². The molecule has 0 saturated carbocycles. The van der Waals surface area contributed by atoms with Crippen molar-refractivity contribution in [2.24, 2.45) is 11.1 Å². The summed E-state index contributed by atoms with van der Waals surface area (Å²) >= 11 is 0. The Morgan fingerprint density at radius 1 is 1.29 bits per heavy atom. The van der Waals surface area contributed by atoms with Crippen molar-refractivity contribution in [3.05, 3.63) is 0 Å². The number of rotatable bonds is 2. The Bertz CT molecular complexity index is 370. The van der Waals surface area contributed by atoms with E-state index >= 15 is 0 Å². The SMILES string of the molecule is CC(C)(C)C(N)C(=O)NC1CCS(=O)(=O)CC1. The molecule has 1 atom stereocenters. The molecule has 0 aromatic carbocycles. The van der Waals surface area contributed by atoms with Gasteiger partial charge in [-0.15, -0.1) is 0 Å². The molecule has 0 spiro atoms. The molecule has 1 fully saturated rings. The van der Waals surface area contributed by atoms with Crippen LogP contribution in [0.15, 0.2) is 0 Å². The molecule has 3 N–H and O–H groups in total. The molecule has 0 aromatic heterocycles. The van der Waals surface area contributed by atoms with E-state index in [4.69, 9.17) is 5.73 Å². The first-order valence-corrected chi connectivity index (χ1v) is 7.70. The third-order valence-electron chi connectivity index (χ3n) is 3.12. The van der Waals surface area contributed by atoms with Gasteiger partial charge in [-0.05, 0) is 18.3 Å². The number of hydrogen-bond acceptors (Lipinski definition) is 4. The van der Waals surface area contributed by atoms with Crippen LogP contribution >= 0.6 is 0 Å². The second-order valence-electron chi connectivity index (χ2n) is 5.78. The minimum atomic E-state index is -2.88. The topological polar surface area (TPSA) is 89.3 Å². The second kappa shape index (κ2) is 4.94. The van der Waals surface area contributed by atoms with Gasteiger partial charge in [-0.3, -0.25) is 4.79 Å². The Hall–Kier alpha value is -0.620. The Labute approximate surface area is 103 Å². The smallest absolute Gasteiger partial charge is 0.237 e. The van der Waals surface area contributed by atoms with Crippen molar-refractivity contribution in [1.82, 2.24) is 5.32 Å². The van der Waals surface area contributed by atoms with Gasteiger partial charge in [0.25, 0.3) is 0 Å². The van der Waals surface area contributed by atoms with Crippen LogP contribution < -0.4 is 11.1 Å². The first-order valence-electron chi connectivity index (χ1n) is 5.88. The molecule has 1 aliphatic rings. The summed E-state index contributed by atoms with van der Waals surface area (Å²) in [6.07, 6.45) is 0.982. The quantitative estimate of drug-likeness (QED) is 0.736. The van der Waals surface area contributed by atoms with E-state index in [1.807, 2.05) is 20.8 Å². The number of nitrogens with two attached hydrogens (primary N) is 1. The highest BCUT2D eigenvalue weighted by Gasteiger charge is 2.30. The molecule has 1 saturated heterocycles. The largest absolute Gasteiger partial charge is 0.352 e. The highest BCUT2D eigenvalue weighted by Crippen LogP contribution is 2.18. The van der Waals surface area contributed by atoms with Crippen LogP contribution in [0.2, 0.25) is 0 Å². The number of amides is 1. The van der Waals surface area contributed by atoms with E-state index in [0.717, 1.165) is 0 Å². The average Bonchev–Trinajstić information content (AvgIpc) is 2.18. The van der Waals surface area contributed by atoms with Gasteiger partial charge in [-0.2, -0.15) is 0 Å². The van der Waals surface area contributed by atoms with Gasteiger partial charge in [0, 0.05) is 6.04 Å². The van der Waals surface area contributed by atoms with Crippen LogP contribution in [0.3, 0.4) is 0 Å². The predicted octanol–water partition coefficient (Wildman–Crippen LogP) is 0.0532. The fourth-order valence-electron chi connectivity index (χ4n) is 1.72. The summed E-state index contributed by atoms with van der Waals surface area (Å²) in [6, 6.07) is -0.625. The van der Waals surface area contributed by atoms with E-state index < -0.39 is 15.9 Å². The van der Waals surface area contributed by atoms with Crippen molar-refractivity contribution in [3.63, 3.8) is 0 Å². The molecule has 100 valence electrons. The lowest BCUT2D eigenvalue weighted by molar-refractivity contribution is -0.125. The molecule has 0 aromatic rings. The maximum Gasteiger partial charge on any atom is 0.237 e. The fraction of sp³-hybridized carbons (Fsp3) is 0.909. The lowest BCUT2D eigenvalue weighted by atomic mass is 9.86. The number of carbonyl (C=O) groups excluding carboxylic acids is 1. The molecule has 1 rings (SSSR count). The zero-order valence-corrected chi connectivity index (χ0v) is 11.5. The van der Waals surface area contributed by atoms with Gasteiger partial charge in [-0.1, -0.05) is 20.8 Å². The summed E-state index contributed by atoms with van der Waals surface area (Å²) in [5, 5.41) is 2.83. The predicted molar refractivity (Wildman–Crippen MR) is 67.2 cm³/mol. The average molecular weight is 262 g/mol. The van der Waals surface area contributed by atoms with E-state index in [1.54, 1.807) is 0 Å². The summed E-state index contributed by atoms with van der Waals surface area (Å²) in [4.78, 5) is 11.8. The van der Waals surface area contributed by atoms with E-state index in [0.29, 0.717) is 12.8 Å². The van der Waals surface area contributed by atoms with Crippen molar-refractivity contribution in [1.29, 1.82) is 0 Å². The monoisotopic (exact) mass is 262 g/mol. The van der Waals surface area contributed by atoms with E-state index in [9.17, 15) is 13.2 Å². The van der Waals surface area contributed by atoms with E-state index in [1.165, 1.54) is 0 Å². The van der Waals surface area contributed by atoms with Crippen LogP contribution in [0, 0.1) is 5.41 Å². The van der Waals surface area contributed by atoms with E-state index in [2.05, 4.69) is 5.32 Å². The number of nitrogens with one attached hydrogen (secondary N) is 1. The van der Waals surface area contributed by atoms with Crippen LogP contribution in [0.4, 0.5) is 0 Å². The number of carbonyl (C=O) groups is 1. The normalized spacial score (nSPS) is 23.1. The minimum absolute atomic E-state index is 0.0561. The maximum atomic E-state index is 11.8. The first-order chi connectivity index (χ1) is 7.62. The van der Waals surface area contributed by atoms with Gasteiger partial charge in [0.1, 0.15) is 9.84 Å². The molecule has 1 aliphatic heterocycles. The van der Waals surface area contributed by atoms with Crippen molar-refractivity contribution >= 4 is 15.7 Å². The third kappa shape index (κ3) is 4.27.